The second kappa shape index (κ2) is 6.93. The van der Waals surface area contributed by atoms with Crippen molar-refractivity contribution in [3.63, 3.8) is 0 Å². The van der Waals surface area contributed by atoms with Crippen LogP contribution in [0.5, 0.6) is 23.0 Å². The monoisotopic (exact) mass is 395 g/mol. The Labute approximate surface area is 163 Å². The Morgan fingerprint density at radius 3 is 2.29 bits per heavy atom. The third kappa shape index (κ3) is 3.27. The van der Waals surface area contributed by atoms with Gasteiger partial charge in [-0.1, -0.05) is 6.07 Å². The van der Waals surface area contributed by atoms with Crippen LogP contribution in [0.15, 0.2) is 51.5 Å². The Balaban J connectivity index is 1.29. The summed E-state index contributed by atoms with van der Waals surface area (Å²) in [5, 5.41) is 11.2. The van der Waals surface area contributed by atoms with E-state index in [0.717, 1.165) is 11.1 Å². The summed E-state index contributed by atoms with van der Waals surface area (Å²) in [4.78, 5) is 12.7. The van der Waals surface area contributed by atoms with E-state index in [1.165, 1.54) is 11.8 Å². The van der Waals surface area contributed by atoms with E-state index in [1.54, 1.807) is 12.3 Å². The molecule has 3 aliphatic heterocycles. The van der Waals surface area contributed by atoms with Crippen LogP contribution in [0.1, 0.15) is 11.1 Å². The summed E-state index contributed by atoms with van der Waals surface area (Å²) in [6, 6.07) is 11.0. The maximum atomic E-state index is 12.2. The van der Waals surface area contributed by atoms with E-state index in [1.807, 2.05) is 36.4 Å². The number of carbonyl (C=O) groups excluding carboxylic acids is 1. The molecule has 1 N–H and O–H groups in total. The first-order chi connectivity index (χ1) is 13.7. The number of hydrogen-bond donors (Lipinski definition) is 1. The number of amides is 1. The van der Waals surface area contributed by atoms with Crippen molar-refractivity contribution in [1.82, 2.24) is 5.32 Å². The van der Waals surface area contributed by atoms with Crippen LogP contribution in [0.4, 0.5) is 0 Å². The van der Waals surface area contributed by atoms with Crippen LogP contribution in [-0.4, -0.2) is 30.9 Å². The second-order valence-electron chi connectivity index (χ2n) is 5.94. The van der Waals surface area contributed by atoms with Gasteiger partial charge in [-0.05, 0) is 59.3 Å². The van der Waals surface area contributed by atoms with E-state index < -0.39 is 0 Å². The molecule has 5 rings (SSSR count). The molecule has 0 radical (unpaired) electrons. The molecule has 28 heavy (non-hydrogen) atoms. The number of carbonyl (C=O) groups is 1. The summed E-state index contributed by atoms with van der Waals surface area (Å²) in [6.07, 6.45) is 3.35. The first-order valence-electron chi connectivity index (χ1n) is 8.36. The molecule has 1 amide bonds. The normalized spacial score (nSPS) is 19.8. The van der Waals surface area contributed by atoms with E-state index in [0.29, 0.717) is 33.1 Å². The Morgan fingerprint density at radius 1 is 0.893 bits per heavy atom. The summed E-state index contributed by atoms with van der Waals surface area (Å²) >= 11 is 1.22. The molecule has 0 atom stereocenters. The minimum atomic E-state index is -0.223. The van der Waals surface area contributed by atoms with Gasteiger partial charge in [0, 0.05) is 0 Å². The Morgan fingerprint density at radius 2 is 1.54 bits per heavy atom. The molecule has 1 saturated heterocycles. The number of thioether (sulfide) groups is 1. The zero-order chi connectivity index (χ0) is 18.9. The highest BCUT2D eigenvalue weighted by atomic mass is 32.2. The van der Waals surface area contributed by atoms with Gasteiger partial charge in [-0.3, -0.25) is 10.1 Å². The molecule has 0 aliphatic carbocycles. The molecule has 0 unspecified atom stereocenters. The van der Waals surface area contributed by atoms with E-state index >= 15 is 0 Å². The molecule has 140 valence electrons. The van der Waals surface area contributed by atoms with E-state index in [2.05, 4.69) is 15.5 Å². The Bertz CT molecular complexity index is 1060. The maximum absolute atomic E-state index is 12.2. The van der Waals surface area contributed by atoms with Crippen LogP contribution in [0, 0.1) is 0 Å². The lowest BCUT2D eigenvalue weighted by Gasteiger charge is -1.98. The standard InChI is InChI=1S/C19H13N3O5S/c23-18-17(7-11-1-3-13-15(5-11)26-9-24-13)28-19(21-18)22-20-8-12-2-4-14-16(6-12)27-10-25-14/h1-8H,9-10H2,(H,21,22,23)/b17-7+,20-8-. The molecular formula is C19H13N3O5S. The molecule has 0 saturated carbocycles. The Kier molecular flexibility index (Phi) is 4.13. The summed E-state index contributed by atoms with van der Waals surface area (Å²) in [5.41, 5.74) is 1.66. The van der Waals surface area contributed by atoms with Crippen LogP contribution in [0.3, 0.4) is 0 Å². The Hall–Kier alpha value is -3.46. The van der Waals surface area contributed by atoms with Crippen LogP contribution in [0.25, 0.3) is 6.08 Å². The van der Waals surface area contributed by atoms with Gasteiger partial charge < -0.3 is 18.9 Å². The molecule has 3 heterocycles. The van der Waals surface area contributed by atoms with Crippen molar-refractivity contribution in [3.05, 3.63) is 52.4 Å². The fourth-order valence-electron chi connectivity index (χ4n) is 2.77. The summed E-state index contributed by atoms with van der Waals surface area (Å²) < 4.78 is 21.2. The highest BCUT2D eigenvalue weighted by Crippen LogP contribution is 2.35. The fraction of sp³-hybridized carbons (Fsp3) is 0.105. The molecular weight excluding hydrogens is 382 g/mol. The van der Waals surface area contributed by atoms with Gasteiger partial charge in [0.05, 0.1) is 11.1 Å². The predicted octanol–water partition coefficient (Wildman–Crippen LogP) is 2.74. The fourth-order valence-corrected chi connectivity index (χ4v) is 3.55. The van der Waals surface area contributed by atoms with Crippen molar-refractivity contribution in [2.24, 2.45) is 10.2 Å². The molecule has 1 fully saturated rings. The molecule has 0 aromatic heterocycles. The van der Waals surface area contributed by atoms with Gasteiger partial charge in [-0.15, -0.1) is 5.10 Å². The van der Waals surface area contributed by atoms with E-state index in [4.69, 9.17) is 18.9 Å². The van der Waals surface area contributed by atoms with Gasteiger partial charge >= 0.3 is 0 Å². The van der Waals surface area contributed by atoms with Crippen molar-refractivity contribution in [3.8, 4) is 23.0 Å². The van der Waals surface area contributed by atoms with Crippen molar-refractivity contribution < 1.29 is 23.7 Å². The number of hydrogen-bond acceptors (Lipinski definition) is 8. The summed E-state index contributed by atoms with van der Waals surface area (Å²) in [6.45, 7) is 0.433. The quantitative estimate of drug-likeness (QED) is 0.488. The third-order valence-electron chi connectivity index (χ3n) is 4.10. The van der Waals surface area contributed by atoms with Crippen LogP contribution in [-0.2, 0) is 4.79 Å². The van der Waals surface area contributed by atoms with E-state index in [-0.39, 0.29) is 19.5 Å². The van der Waals surface area contributed by atoms with E-state index in [9.17, 15) is 4.79 Å². The molecule has 0 spiro atoms. The van der Waals surface area contributed by atoms with Crippen molar-refractivity contribution in [1.29, 1.82) is 0 Å². The molecule has 3 aliphatic rings. The molecule has 0 bridgehead atoms. The zero-order valence-corrected chi connectivity index (χ0v) is 15.2. The topological polar surface area (TPSA) is 90.7 Å². The number of benzene rings is 2. The summed E-state index contributed by atoms with van der Waals surface area (Å²) in [7, 11) is 0. The minimum Gasteiger partial charge on any atom is -0.454 e. The number of amidine groups is 1. The second-order valence-corrected chi connectivity index (χ2v) is 6.97. The lowest BCUT2D eigenvalue weighted by atomic mass is 10.2. The average Bonchev–Trinajstić information content (AvgIpc) is 3.41. The van der Waals surface area contributed by atoms with Gasteiger partial charge in [0.25, 0.3) is 5.91 Å². The minimum absolute atomic E-state index is 0.211. The highest BCUT2D eigenvalue weighted by molar-refractivity contribution is 8.18. The number of nitrogens with one attached hydrogen (secondary N) is 1. The molecule has 2 aromatic rings. The first-order valence-corrected chi connectivity index (χ1v) is 9.17. The number of ether oxygens (including phenoxy) is 4. The average molecular weight is 395 g/mol. The number of nitrogens with zero attached hydrogens (tertiary/aromatic N) is 2. The third-order valence-corrected chi connectivity index (χ3v) is 5.00. The summed E-state index contributed by atoms with van der Waals surface area (Å²) in [5.74, 6) is 2.53. The zero-order valence-electron chi connectivity index (χ0n) is 14.4. The maximum Gasteiger partial charge on any atom is 0.264 e. The van der Waals surface area contributed by atoms with Crippen molar-refractivity contribution in [2.75, 3.05) is 13.6 Å². The molecule has 8 nitrogen and oxygen atoms in total. The SMILES string of the molecule is O=C1NC(=N/N=C\c2ccc3c(c2)OCO3)S/C1=C/c1ccc2c(c1)OCO2. The molecule has 2 aromatic carbocycles. The molecule has 9 heteroatoms. The highest BCUT2D eigenvalue weighted by Gasteiger charge is 2.24. The smallest absolute Gasteiger partial charge is 0.264 e. The van der Waals surface area contributed by atoms with Gasteiger partial charge in [-0.2, -0.15) is 5.10 Å². The van der Waals surface area contributed by atoms with Gasteiger partial charge in [-0.25, -0.2) is 0 Å². The van der Waals surface area contributed by atoms with Crippen LogP contribution in [0.2, 0.25) is 0 Å². The lowest BCUT2D eigenvalue weighted by molar-refractivity contribution is -0.115. The number of fused-ring (bicyclic) bond motifs is 2. The predicted molar refractivity (Wildman–Crippen MR) is 104 cm³/mol. The largest absolute Gasteiger partial charge is 0.454 e. The van der Waals surface area contributed by atoms with Crippen molar-refractivity contribution >= 4 is 35.1 Å². The van der Waals surface area contributed by atoms with Crippen LogP contribution >= 0.6 is 11.8 Å². The van der Waals surface area contributed by atoms with Crippen LogP contribution < -0.4 is 24.3 Å². The van der Waals surface area contributed by atoms with Gasteiger partial charge in [0.1, 0.15) is 0 Å². The van der Waals surface area contributed by atoms with Crippen molar-refractivity contribution in [2.45, 2.75) is 0 Å². The lowest BCUT2D eigenvalue weighted by Crippen LogP contribution is -2.19. The first kappa shape index (κ1) is 16.7. The number of rotatable bonds is 3. The van der Waals surface area contributed by atoms with Gasteiger partial charge in [0.2, 0.25) is 13.6 Å². The van der Waals surface area contributed by atoms with Gasteiger partial charge in [0.15, 0.2) is 28.2 Å².